The van der Waals surface area contributed by atoms with Gasteiger partial charge in [0.15, 0.2) is 18.1 Å². The number of para-hydroxylation sites is 1. The number of nitriles is 1. The molecule has 7 heteroatoms. The van der Waals surface area contributed by atoms with Crippen LogP contribution in [0.5, 0.6) is 11.5 Å². The SMILES string of the molecule is CCOc1cc(C#N)ccc1OCC(=O)N1CCN(c2ccccc2Cl)CC1. The minimum absolute atomic E-state index is 0.0714. The normalized spacial score (nSPS) is 13.8. The van der Waals surface area contributed by atoms with Gasteiger partial charge in [-0.1, -0.05) is 23.7 Å². The minimum atomic E-state index is -0.0781. The zero-order valence-corrected chi connectivity index (χ0v) is 16.5. The van der Waals surface area contributed by atoms with Crippen LogP contribution in [0.1, 0.15) is 12.5 Å². The van der Waals surface area contributed by atoms with Gasteiger partial charge < -0.3 is 19.3 Å². The highest BCUT2D eigenvalue weighted by atomic mass is 35.5. The maximum atomic E-state index is 12.5. The third-order valence-corrected chi connectivity index (χ3v) is 4.87. The molecule has 1 amide bonds. The molecular formula is C21H22ClN3O3. The Morgan fingerprint density at radius 1 is 1.11 bits per heavy atom. The Kier molecular flexibility index (Phi) is 6.62. The molecule has 0 saturated carbocycles. The summed E-state index contributed by atoms with van der Waals surface area (Å²) >= 11 is 6.26. The molecular weight excluding hydrogens is 378 g/mol. The number of carbonyl (C=O) groups excluding carboxylic acids is 1. The Bertz CT molecular complexity index is 873. The second-order valence-electron chi connectivity index (χ2n) is 6.31. The molecule has 1 fully saturated rings. The van der Waals surface area contributed by atoms with Gasteiger partial charge in [-0.2, -0.15) is 5.26 Å². The van der Waals surface area contributed by atoms with Crippen LogP contribution in [0.2, 0.25) is 5.02 Å². The van der Waals surface area contributed by atoms with E-state index < -0.39 is 0 Å². The Labute approximate surface area is 169 Å². The van der Waals surface area contributed by atoms with Gasteiger partial charge in [0.1, 0.15) is 0 Å². The Balaban J connectivity index is 1.55. The van der Waals surface area contributed by atoms with Crippen molar-refractivity contribution in [2.75, 3.05) is 44.3 Å². The van der Waals surface area contributed by atoms with Crippen LogP contribution in [0.15, 0.2) is 42.5 Å². The number of hydrogen-bond donors (Lipinski definition) is 0. The van der Waals surface area contributed by atoms with Crippen LogP contribution < -0.4 is 14.4 Å². The number of ether oxygens (including phenoxy) is 2. The van der Waals surface area contributed by atoms with E-state index in [1.54, 1.807) is 23.1 Å². The van der Waals surface area contributed by atoms with Crippen LogP contribution in [0, 0.1) is 11.3 Å². The second kappa shape index (κ2) is 9.34. The first-order valence-corrected chi connectivity index (χ1v) is 9.57. The number of anilines is 1. The van der Waals surface area contributed by atoms with Crippen LogP contribution in [0.3, 0.4) is 0 Å². The van der Waals surface area contributed by atoms with E-state index >= 15 is 0 Å². The van der Waals surface area contributed by atoms with Gasteiger partial charge in [0.2, 0.25) is 0 Å². The molecule has 0 radical (unpaired) electrons. The van der Waals surface area contributed by atoms with Crippen molar-refractivity contribution in [2.24, 2.45) is 0 Å². The molecule has 0 spiro atoms. The number of carbonyl (C=O) groups is 1. The maximum Gasteiger partial charge on any atom is 0.260 e. The van der Waals surface area contributed by atoms with Crippen LogP contribution in [0.4, 0.5) is 5.69 Å². The van der Waals surface area contributed by atoms with Crippen LogP contribution in [-0.4, -0.2) is 50.2 Å². The van der Waals surface area contributed by atoms with Gasteiger partial charge in [0, 0.05) is 32.2 Å². The smallest absolute Gasteiger partial charge is 0.260 e. The van der Waals surface area contributed by atoms with E-state index in [1.165, 1.54) is 0 Å². The number of amides is 1. The molecule has 2 aromatic carbocycles. The van der Waals surface area contributed by atoms with Gasteiger partial charge in [-0.05, 0) is 31.2 Å². The Morgan fingerprint density at radius 3 is 2.54 bits per heavy atom. The summed E-state index contributed by atoms with van der Waals surface area (Å²) in [6, 6.07) is 14.7. The highest BCUT2D eigenvalue weighted by Gasteiger charge is 2.23. The lowest BCUT2D eigenvalue weighted by molar-refractivity contribution is -0.133. The number of halogens is 1. The van der Waals surface area contributed by atoms with Gasteiger partial charge in [-0.3, -0.25) is 4.79 Å². The fourth-order valence-electron chi connectivity index (χ4n) is 3.10. The summed E-state index contributed by atoms with van der Waals surface area (Å²) < 4.78 is 11.2. The molecule has 2 aromatic rings. The fourth-order valence-corrected chi connectivity index (χ4v) is 3.36. The number of rotatable bonds is 6. The molecule has 1 saturated heterocycles. The van der Waals surface area contributed by atoms with Crippen molar-refractivity contribution in [3.63, 3.8) is 0 Å². The van der Waals surface area contributed by atoms with E-state index in [0.29, 0.717) is 36.8 Å². The summed E-state index contributed by atoms with van der Waals surface area (Å²) in [6.07, 6.45) is 0. The molecule has 0 aliphatic carbocycles. The molecule has 0 N–H and O–H groups in total. The van der Waals surface area contributed by atoms with E-state index in [0.717, 1.165) is 23.8 Å². The average molecular weight is 400 g/mol. The summed E-state index contributed by atoms with van der Waals surface area (Å²) in [7, 11) is 0. The number of benzene rings is 2. The largest absolute Gasteiger partial charge is 0.490 e. The van der Waals surface area contributed by atoms with Crippen molar-refractivity contribution in [2.45, 2.75) is 6.92 Å². The van der Waals surface area contributed by atoms with Crippen molar-refractivity contribution in [3.05, 3.63) is 53.1 Å². The monoisotopic (exact) mass is 399 g/mol. The van der Waals surface area contributed by atoms with Crippen molar-refractivity contribution in [1.82, 2.24) is 4.90 Å². The quantitative estimate of drug-likeness (QED) is 0.745. The molecule has 146 valence electrons. The third kappa shape index (κ3) is 4.68. The first-order chi connectivity index (χ1) is 13.6. The molecule has 1 aliphatic heterocycles. The van der Waals surface area contributed by atoms with Crippen molar-refractivity contribution < 1.29 is 14.3 Å². The van der Waals surface area contributed by atoms with Gasteiger partial charge >= 0.3 is 0 Å². The number of piperazine rings is 1. The predicted octanol–water partition coefficient (Wildman–Crippen LogP) is 3.34. The summed E-state index contributed by atoms with van der Waals surface area (Å²) in [5.74, 6) is 0.854. The van der Waals surface area contributed by atoms with Gasteiger partial charge in [0.05, 0.1) is 28.9 Å². The average Bonchev–Trinajstić information content (AvgIpc) is 2.73. The second-order valence-corrected chi connectivity index (χ2v) is 6.72. The van der Waals surface area contributed by atoms with Crippen LogP contribution >= 0.6 is 11.6 Å². The zero-order valence-electron chi connectivity index (χ0n) is 15.7. The first-order valence-electron chi connectivity index (χ1n) is 9.19. The number of nitrogens with zero attached hydrogens (tertiary/aromatic N) is 3. The molecule has 6 nitrogen and oxygen atoms in total. The number of hydrogen-bond acceptors (Lipinski definition) is 5. The lowest BCUT2D eigenvalue weighted by atomic mass is 10.2. The van der Waals surface area contributed by atoms with Crippen molar-refractivity contribution in [3.8, 4) is 17.6 Å². The van der Waals surface area contributed by atoms with Crippen molar-refractivity contribution >= 4 is 23.2 Å². The predicted molar refractivity (Wildman–Crippen MR) is 108 cm³/mol. The Morgan fingerprint density at radius 2 is 1.86 bits per heavy atom. The Hall–Kier alpha value is -2.91. The summed E-state index contributed by atoms with van der Waals surface area (Å²) in [5.41, 5.74) is 1.48. The highest BCUT2D eigenvalue weighted by Crippen LogP contribution is 2.29. The van der Waals surface area contributed by atoms with Crippen LogP contribution in [0.25, 0.3) is 0 Å². The van der Waals surface area contributed by atoms with Crippen molar-refractivity contribution in [1.29, 1.82) is 5.26 Å². The lowest BCUT2D eigenvalue weighted by Crippen LogP contribution is -2.50. The summed E-state index contributed by atoms with van der Waals surface area (Å²) in [4.78, 5) is 16.5. The van der Waals surface area contributed by atoms with E-state index in [9.17, 15) is 4.79 Å². The van der Waals surface area contributed by atoms with E-state index in [1.807, 2.05) is 31.2 Å². The van der Waals surface area contributed by atoms with Gasteiger partial charge in [-0.15, -0.1) is 0 Å². The standard InChI is InChI=1S/C21H22ClN3O3/c1-2-27-20-13-16(14-23)7-8-19(20)28-15-21(26)25-11-9-24(10-12-25)18-6-4-3-5-17(18)22/h3-8,13H,2,9-12,15H2,1H3. The minimum Gasteiger partial charge on any atom is -0.490 e. The molecule has 0 bridgehead atoms. The fraction of sp³-hybridized carbons (Fsp3) is 0.333. The van der Waals surface area contributed by atoms with E-state index in [2.05, 4.69) is 11.0 Å². The summed E-state index contributed by atoms with van der Waals surface area (Å²) in [6.45, 7) is 4.89. The third-order valence-electron chi connectivity index (χ3n) is 4.55. The molecule has 0 atom stereocenters. The molecule has 0 unspecified atom stereocenters. The van der Waals surface area contributed by atoms with E-state index in [4.69, 9.17) is 26.3 Å². The molecule has 1 heterocycles. The van der Waals surface area contributed by atoms with E-state index in [-0.39, 0.29) is 12.5 Å². The highest BCUT2D eigenvalue weighted by molar-refractivity contribution is 6.33. The molecule has 0 aromatic heterocycles. The topological polar surface area (TPSA) is 65.8 Å². The zero-order chi connectivity index (χ0) is 19.9. The molecule has 28 heavy (non-hydrogen) atoms. The summed E-state index contributed by atoms with van der Waals surface area (Å²) in [5, 5.41) is 9.73. The maximum absolute atomic E-state index is 12.5. The van der Waals surface area contributed by atoms with Crippen LogP contribution in [-0.2, 0) is 4.79 Å². The first kappa shape index (κ1) is 19.8. The van der Waals surface area contributed by atoms with Gasteiger partial charge in [-0.25, -0.2) is 0 Å². The lowest BCUT2D eigenvalue weighted by Gasteiger charge is -2.36. The van der Waals surface area contributed by atoms with Gasteiger partial charge in [0.25, 0.3) is 5.91 Å². The molecule has 3 rings (SSSR count). The molecule has 1 aliphatic rings.